The Morgan fingerprint density at radius 2 is 0.714 bits per heavy atom. The van der Waals surface area contributed by atoms with Crippen molar-refractivity contribution >= 4 is 93.3 Å². The van der Waals surface area contributed by atoms with Gasteiger partial charge in [0.1, 0.15) is 22.3 Å². The Kier molecular flexibility index (Phi) is 7.91. The quantitative estimate of drug-likeness (QED) is 0.157. The summed E-state index contributed by atoms with van der Waals surface area (Å²) < 4.78 is 13.5. The number of rotatable bonds is 6. The molecule has 0 saturated carbocycles. The van der Waals surface area contributed by atoms with Crippen LogP contribution in [0.2, 0.25) is 0 Å². The lowest BCUT2D eigenvalue weighted by Gasteiger charge is -2.25. The van der Waals surface area contributed by atoms with E-state index in [1.54, 1.807) is 0 Å². The Morgan fingerprint density at radius 3 is 1.35 bits per heavy atom. The van der Waals surface area contributed by atoms with E-state index in [2.05, 4.69) is 211 Å². The van der Waals surface area contributed by atoms with E-state index in [-0.39, 0.29) is 0 Å². The van der Waals surface area contributed by atoms with Gasteiger partial charge in [0.25, 0.3) is 0 Å². The van der Waals surface area contributed by atoms with Crippen LogP contribution in [0.3, 0.4) is 0 Å². The minimum atomic E-state index is 0.840. The molecule has 3 nitrogen and oxygen atoms in total. The average molecular weight is 804 g/mol. The molecule has 0 unspecified atom stereocenters. The van der Waals surface area contributed by atoms with Crippen LogP contribution in [0.5, 0.6) is 0 Å². The maximum atomic E-state index is 7.02. The lowest BCUT2D eigenvalue weighted by Crippen LogP contribution is -2.09. The Labute approximate surface area is 363 Å². The van der Waals surface area contributed by atoms with Crippen LogP contribution in [0.4, 0.5) is 17.1 Å². The van der Waals surface area contributed by atoms with E-state index < -0.39 is 0 Å². The third kappa shape index (κ3) is 5.60. The number of furan rings is 2. The first-order valence-corrected chi connectivity index (χ1v) is 21.5. The van der Waals surface area contributed by atoms with Crippen molar-refractivity contribution in [1.29, 1.82) is 0 Å². The second kappa shape index (κ2) is 14.1. The number of hydrogen-bond acceptors (Lipinski definition) is 3. The van der Waals surface area contributed by atoms with Crippen molar-refractivity contribution in [3.63, 3.8) is 0 Å². The molecule has 13 aromatic rings. The summed E-state index contributed by atoms with van der Waals surface area (Å²) in [5.41, 5.74) is 13.5. The molecule has 0 fully saturated rings. The molecule has 0 atom stereocenters. The lowest BCUT2D eigenvalue weighted by atomic mass is 9.89. The molecule has 0 spiro atoms. The zero-order valence-electron chi connectivity index (χ0n) is 34.1. The fourth-order valence-electron chi connectivity index (χ4n) is 9.97. The van der Waals surface area contributed by atoms with Crippen LogP contribution in [0.15, 0.2) is 233 Å². The summed E-state index contributed by atoms with van der Waals surface area (Å²) in [6.45, 7) is 0. The van der Waals surface area contributed by atoms with Gasteiger partial charge in [-0.25, -0.2) is 0 Å². The summed E-state index contributed by atoms with van der Waals surface area (Å²) in [5, 5.41) is 11.9. The molecule has 0 aliphatic rings. The van der Waals surface area contributed by atoms with Crippen molar-refractivity contribution in [2.24, 2.45) is 0 Å². The monoisotopic (exact) mass is 803 g/mol. The summed E-state index contributed by atoms with van der Waals surface area (Å²) in [6.07, 6.45) is 0. The molecule has 11 aromatic carbocycles. The van der Waals surface area contributed by atoms with E-state index in [4.69, 9.17) is 8.83 Å². The van der Waals surface area contributed by atoms with Crippen molar-refractivity contribution in [2.45, 2.75) is 0 Å². The van der Waals surface area contributed by atoms with Crippen molar-refractivity contribution in [1.82, 2.24) is 0 Å². The zero-order valence-corrected chi connectivity index (χ0v) is 34.1. The highest BCUT2D eigenvalue weighted by Gasteiger charge is 2.23. The Hall–Kier alpha value is -8.40. The average Bonchev–Trinajstić information content (AvgIpc) is 3.94. The highest BCUT2D eigenvalue weighted by atomic mass is 16.3. The largest absolute Gasteiger partial charge is 0.456 e. The van der Waals surface area contributed by atoms with Crippen molar-refractivity contribution in [3.05, 3.63) is 224 Å². The topological polar surface area (TPSA) is 29.5 Å². The van der Waals surface area contributed by atoms with E-state index in [1.807, 2.05) is 18.2 Å². The molecule has 0 amide bonds. The van der Waals surface area contributed by atoms with Gasteiger partial charge in [0, 0.05) is 44.2 Å². The van der Waals surface area contributed by atoms with Crippen molar-refractivity contribution in [3.8, 4) is 33.4 Å². The minimum absolute atomic E-state index is 0.840. The number of hydrogen-bond donors (Lipinski definition) is 0. The van der Waals surface area contributed by atoms with Gasteiger partial charge in [0.05, 0.1) is 0 Å². The standard InChI is InChI=1S/C60H37NO2/c1-3-13-42(14-4-1)61(43-15-5-2-6-16-43)44-30-27-39(28-31-44)38-23-25-40(26-24-38)46-34-33-45(58-59-56(63-60(46)58)36-35-55-57(59)52-21-11-12-22-54(52)62-55)41-29-32-51-49-19-8-7-17-47(49)48-18-9-10-20-50(48)53(51)37-41/h1-37H. The molecule has 63 heavy (non-hydrogen) atoms. The van der Waals surface area contributed by atoms with Crippen LogP contribution in [0.1, 0.15) is 0 Å². The second-order valence-corrected chi connectivity index (χ2v) is 16.4. The van der Waals surface area contributed by atoms with E-state index >= 15 is 0 Å². The number of anilines is 3. The SMILES string of the molecule is c1ccc(N(c2ccccc2)c2ccc(-c3ccc(-c4ccc(-c5ccc6c7ccccc7c7ccccc7c6c5)c5c4oc4ccc6oc7ccccc7c6c45)cc3)cc2)cc1. The molecule has 2 aromatic heterocycles. The van der Waals surface area contributed by atoms with Gasteiger partial charge in [-0.05, 0) is 127 Å². The summed E-state index contributed by atoms with van der Waals surface area (Å²) in [4.78, 5) is 2.29. The molecule has 0 aliphatic carbocycles. The maximum Gasteiger partial charge on any atom is 0.143 e. The van der Waals surface area contributed by atoms with Gasteiger partial charge in [0.2, 0.25) is 0 Å². The molecule has 0 aliphatic heterocycles. The molecule has 0 bridgehead atoms. The minimum Gasteiger partial charge on any atom is -0.456 e. The van der Waals surface area contributed by atoms with E-state index in [0.29, 0.717) is 0 Å². The van der Waals surface area contributed by atoms with Gasteiger partial charge in [-0.1, -0.05) is 158 Å². The van der Waals surface area contributed by atoms with Crippen LogP contribution in [0.25, 0.3) is 110 Å². The molecule has 3 heteroatoms. The fourth-order valence-corrected chi connectivity index (χ4v) is 9.97. The van der Waals surface area contributed by atoms with Gasteiger partial charge in [-0.15, -0.1) is 0 Å². The van der Waals surface area contributed by atoms with E-state index in [0.717, 1.165) is 94.3 Å². The van der Waals surface area contributed by atoms with Gasteiger partial charge >= 0.3 is 0 Å². The van der Waals surface area contributed by atoms with E-state index in [9.17, 15) is 0 Å². The first-order chi connectivity index (χ1) is 31.2. The van der Waals surface area contributed by atoms with Gasteiger partial charge in [0.15, 0.2) is 0 Å². The second-order valence-electron chi connectivity index (χ2n) is 16.4. The van der Waals surface area contributed by atoms with Crippen LogP contribution in [-0.2, 0) is 0 Å². The van der Waals surface area contributed by atoms with Crippen LogP contribution in [-0.4, -0.2) is 0 Å². The number of para-hydroxylation sites is 3. The molecule has 2 heterocycles. The maximum absolute atomic E-state index is 7.02. The normalized spacial score (nSPS) is 11.8. The molecule has 0 N–H and O–H groups in total. The third-order valence-electron chi connectivity index (χ3n) is 12.9. The summed E-state index contributed by atoms with van der Waals surface area (Å²) in [6, 6.07) is 80.2. The van der Waals surface area contributed by atoms with Crippen LogP contribution in [0, 0.1) is 0 Å². The summed E-state index contributed by atoms with van der Waals surface area (Å²) >= 11 is 0. The first kappa shape index (κ1) is 35.4. The molecule has 13 rings (SSSR count). The third-order valence-corrected chi connectivity index (χ3v) is 12.9. The van der Waals surface area contributed by atoms with Crippen molar-refractivity contribution in [2.75, 3.05) is 4.90 Å². The summed E-state index contributed by atoms with van der Waals surface area (Å²) in [5.74, 6) is 0. The van der Waals surface area contributed by atoms with Crippen LogP contribution < -0.4 is 4.90 Å². The molecule has 0 radical (unpaired) electrons. The summed E-state index contributed by atoms with van der Waals surface area (Å²) in [7, 11) is 0. The van der Waals surface area contributed by atoms with Crippen molar-refractivity contribution < 1.29 is 8.83 Å². The lowest BCUT2D eigenvalue weighted by molar-refractivity contribution is 0.663. The molecular formula is C60H37NO2. The first-order valence-electron chi connectivity index (χ1n) is 21.5. The van der Waals surface area contributed by atoms with Gasteiger partial charge < -0.3 is 13.7 Å². The fraction of sp³-hybridized carbons (Fsp3) is 0. The van der Waals surface area contributed by atoms with Gasteiger partial charge in [-0.3, -0.25) is 0 Å². The van der Waals surface area contributed by atoms with Crippen LogP contribution >= 0.6 is 0 Å². The molecule has 294 valence electrons. The Bertz CT molecular complexity index is 3810. The number of benzene rings is 11. The molecular weight excluding hydrogens is 767 g/mol. The van der Waals surface area contributed by atoms with Gasteiger partial charge in [-0.2, -0.15) is 0 Å². The Balaban J connectivity index is 0.966. The number of fused-ring (bicyclic) bond motifs is 13. The Morgan fingerprint density at radius 1 is 0.254 bits per heavy atom. The predicted octanol–water partition coefficient (Wildman–Crippen LogP) is 17.4. The smallest absolute Gasteiger partial charge is 0.143 e. The molecule has 0 saturated heterocycles. The number of nitrogens with zero attached hydrogens (tertiary/aromatic N) is 1. The zero-order chi connectivity index (χ0) is 41.4. The van der Waals surface area contributed by atoms with E-state index in [1.165, 1.54) is 32.3 Å². The highest BCUT2D eigenvalue weighted by Crippen LogP contribution is 2.48. The highest BCUT2D eigenvalue weighted by molar-refractivity contribution is 6.30. The predicted molar refractivity (Wildman–Crippen MR) is 265 cm³/mol.